The fraction of sp³-hybridized carbons (Fsp3) is 0.385. The number of nitrogens with zero attached hydrogens (tertiary/aromatic N) is 2. The third-order valence-electron chi connectivity index (χ3n) is 2.68. The van der Waals surface area contributed by atoms with E-state index >= 15 is 0 Å². The van der Waals surface area contributed by atoms with Gasteiger partial charge in [-0.3, -0.25) is 0 Å². The molecule has 0 saturated heterocycles. The number of sulfone groups is 1. The van der Waals surface area contributed by atoms with E-state index in [2.05, 4.69) is 10.1 Å². The Kier molecular flexibility index (Phi) is 3.88. The standard InChI is InChI=1S/C13H15ClN2O3S/c1-13(2,3)11-7-9(19-16-11)8-20(17,18)12-10(14)5-4-6-15-12/h4-7H,8H2,1-3H3. The van der Waals surface area contributed by atoms with Crippen LogP contribution >= 0.6 is 11.6 Å². The predicted octanol–water partition coefficient (Wildman–Crippen LogP) is 2.99. The Morgan fingerprint density at radius 1 is 1.35 bits per heavy atom. The Hall–Kier alpha value is -1.40. The molecule has 0 aliphatic carbocycles. The van der Waals surface area contributed by atoms with Crippen molar-refractivity contribution in [3.05, 3.63) is 40.9 Å². The maximum atomic E-state index is 12.2. The molecule has 20 heavy (non-hydrogen) atoms. The molecule has 2 aromatic heterocycles. The SMILES string of the molecule is CC(C)(C)c1cc(CS(=O)(=O)c2ncccc2Cl)on1. The van der Waals surface area contributed by atoms with Gasteiger partial charge < -0.3 is 4.52 Å². The van der Waals surface area contributed by atoms with Crippen molar-refractivity contribution in [1.82, 2.24) is 10.1 Å². The molecule has 0 unspecified atom stereocenters. The Labute approximate surface area is 122 Å². The first kappa shape index (κ1) is 15.0. The molecular formula is C13H15ClN2O3S. The molecule has 0 N–H and O–H groups in total. The third kappa shape index (κ3) is 3.19. The van der Waals surface area contributed by atoms with Crippen molar-refractivity contribution < 1.29 is 12.9 Å². The van der Waals surface area contributed by atoms with Crippen LogP contribution in [0.2, 0.25) is 5.02 Å². The summed E-state index contributed by atoms with van der Waals surface area (Å²) >= 11 is 5.86. The van der Waals surface area contributed by atoms with Crippen LogP contribution in [0.4, 0.5) is 0 Å². The maximum absolute atomic E-state index is 12.2. The van der Waals surface area contributed by atoms with Gasteiger partial charge in [0.25, 0.3) is 0 Å². The summed E-state index contributed by atoms with van der Waals surface area (Å²) in [6.07, 6.45) is 1.39. The molecule has 2 rings (SSSR count). The quantitative estimate of drug-likeness (QED) is 0.870. The van der Waals surface area contributed by atoms with E-state index in [4.69, 9.17) is 16.1 Å². The molecule has 2 aromatic rings. The summed E-state index contributed by atoms with van der Waals surface area (Å²) in [4.78, 5) is 3.82. The zero-order chi connectivity index (χ0) is 15.0. The third-order valence-corrected chi connectivity index (χ3v) is 4.68. The minimum absolute atomic E-state index is 0.100. The van der Waals surface area contributed by atoms with Gasteiger partial charge in [0.15, 0.2) is 10.8 Å². The summed E-state index contributed by atoms with van der Waals surface area (Å²) in [7, 11) is -3.65. The first-order valence-electron chi connectivity index (χ1n) is 5.99. The van der Waals surface area contributed by atoms with Gasteiger partial charge in [0.1, 0.15) is 5.75 Å². The number of halogens is 1. The highest BCUT2D eigenvalue weighted by Gasteiger charge is 2.25. The van der Waals surface area contributed by atoms with Crippen molar-refractivity contribution in [2.24, 2.45) is 0 Å². The van der Waals surface area contributed by atoms with Crippen LogP contribution < -0.4 is 0 Å². The molecular weight excluding hydrogens is 300 g/mol. The van der Waals surface area contributed by atoms with Crippen molar-refractivity contribution in [2.45, 2.75) is 37.0 Å². The number of aromatic nitrogens is 2. The van der Waals surface area contributed by atoms with E-state index in [1.807, 2.05) is 20.8 Å². The molecule has 0 fully saturated rings. The monoisotopic (exact) mass is 314 g/mol. The minimum Gasteiger partial charge on any atom is -0.360 e. The predicted molar refractivity (Wildman–Crippen MR) is 75.3 cm³/mol. The average Bonchev–Trinajstić information content (AvgIpc) is 2.76. The van der Waals surface area contributed by atoms with Crippen molar-refractivity contribution in [3.8, 4) is 0 Å². The maximum Gasteiger partial charge on any atom is 0.204 e. The van der Waals surface area contributed by atoms with Crippen molar-refractivity contribution in [1.29, 1.82) is 0 Å². The fourth-order valence-electron chi connectivity index (χ4n) is 1.59. The molecule has 0 radical (unpaired) electrons. The minimum atomic E-state index is -3.65. The smallest absolute Gasteiger partial charge is 0.204 e. The largest absolute Gasteiger partial charge is 0.360 e. The fourth-order valence-corrected chi connectivity index (χ4v) is 3.30. The summed E-state index contributed by atoms with van der Waals surface area (Å²) in [6.45, 7) is 5.91. The summed E-state index contributed by atoms with van der Waals surface area (Å²) in [5, 5.41) is 3.85. The lowest BCUT2D eigenvalue weighted by Crippen LogP contribution is -2.11. The van der Waals surface area contributed by atoms with Crippen LogP contribution in [0.3, 0.4) is 0 Å². The van der Waals surface area contributed by atoms with Gasteiger partial charge in [-0.1, -0.05) is 37.5 Å². The second kappa shape index (κ2) is 5.18. The summed E-state index contributed by atoms with van der Waals surface area (Å²) in [5.41, 5.74) is 0.503. The normalized spacial score (nSPS) is 12.6. The second-order valence-electron chi connectivity index (χ2n) is 5.48. The molecule has 0 spiro atoms. The topological polar surface area (TPSA) is 73.1 Å². The number of pyridine rings is 1. The molecule has 0 bridgehead atoms. The molecule has 0 saturated carbocycles. The van der Waals surface area contributed by atoms with E-state index in [1.165, 1.54) is 12.3 Å². The van der Waals surface area contributed by atoms with Gasteiger partial charge >= 0.3 is 0 Å². The van der Waals surface area contributed by atoms with Gasteiger partial charge in [-0.25, -0.2) is 13.4 Å². The highest BCUT2D eigenvalue weighted by atomic mass is 35.5. The zero-order valence-corrected chi connectivity index (χ0v) is 13.0. The second-order valence-corrected chi connectivity index (χ2v) is 7.79. The first-order chi connectivity index (χ1) is 9.20. The Morgan fingerprint density at radius 2 is 2.05 bits per heavy atom. The molecule has 108 valence electrons. The Bertz CT molecular complexity index is 717. The van der Waals surface area contributed by atoms with Crippen LogP contribution in [-0.2, 0) is 21.0 Å². The van der Waals surface area contributed by atoms with Gasteiger partial charge in [0, 0.05) is 17.7 Å². The molecule has 7 heteroatoms. The van der Waals surface area contributed by atoms with E-state index in [-0.39, 0.29) is 27.0 Å². The number of hydrogen-bond acceptors (Lipinski definition) is 5. The van der Waals surface area contributed by atoms with Crippen LogP contribution in [0, 0.1) is 0 Å². The molecule has 0 atom stereocenters. The zero-order valence-electron chi connectivity index (χ0n) is 11.4. The molecule has 2 heterocycles. The summed E-state index contributed by atoms with van der Waals surface area (Å²) in [6, 6.07) is 4.71. The lowest BCUT2D eigenvalue weighted by molar-refractivity contribution is 0.372. The van der Waals surface area contributed by atoms with Crippen LogP contribution in [-0.4, -0.2) is 18.6 Å². The lowest BCUT2D eigenvalue weighted by atomic mass is 9.92. The van der Waals surface area contributed by atoms with Crippen LogP contribution in [0.25, 0.3) is 0 Å². The van der Waals surface area contributed by atoms with Gasteiger partial charge in [0.05, 0.1) is 10.7 Å². The van der Waals surface area contributed by atoms with Gasteiger partial charge in [-0.05, 0) is 12.1 Å². The van der Waals surface area contributed by atoms with Crippen LogP contribution in [0.15, 0.2) is 33.9 Å². The highest BCUT2D eigenvalue weighted by molar-refractivity contribution is 7.90. The van der Waals surface area contributed by atoms with Crippen molar-refractivity contribution in [2.75, 3.05) is 0 Å². The summed E-state index contributed by atoms with van der Waals surface area (Å²) < 4.78 is 29.6. The van der Waals surface area contributed by atoms with E-state index < -0.39 is 9.84 Å². The molecule has 0 aromatic carbocycles. The van der Waals surface area contributed by atoms with Gasteiger partial charge in [-0.15, -0.1) is 0 Å². The average molecular weight is 315 g/mol. The Balaban J connectivity index is 2.30. The van der Waals surface area contributed by atoms with Crippen LogP contribution in [0.5, 0.6) is 0 Å². The lowest BCUT2D eigenvalue weighted by Gasteiger charge is -2.12. The molecule has 0 aliphatic heterocycles. The Morgan fingerprint density at radius 3 is 2.60 bits per heavy atom. The molecule has 5 nitrogen and oxygen atoms in total. The number of rotatable bonds is 3. The van der Waals surface area contributed by atoms with Gasteiger partial charge in [-0.2, -0.15) is 0 Å². The van der Waals surface area contributed by atoms with Crippen molar-refractivity contribution in [3.63, 3.8) is 0 Å². The molecule has 0 aliphatic rings. The van der Waals surface area contributed by atoms with E-state index in [0.717, 1.165) is 0 Å². The molecule has 0 amide bonds. The first-order valence-corrected chi connectivity index (χ1v) is 8.02. The van der Waals surface area contributed by atoms with E-state index in [0.29, 0.717) is 5.69 Å². The van der Waals surface area contributed by atoms with Crippen molar-refractivity contribution >= 4 is 21.4 Å². The van der Waals surface area contributed by atoms with Crippen LogP contribution in [0.1, 0.15) is 32.2 Å². The van der Waals surface area contributed by atoms with E-state index in [9.17, 15) is 8.42 Å². The summed E-state index contributed by atoms with van der Waals surface area (Å²) in [5.74, 6) is -0.0380. The van der Waals surface area contributed by atoms with E-state index in [1.54, 1.807) is 12.1 Å². The highest BCUT2D eigenvalue weighted by Crippen LogP contribution is 2.25. The van der Waals surface area contributed by atoms with Gasteiger partial charge in [0.2, 0.25) is 9.84 Å². The number of hydrogen-bond donors (Lipinski definition) is 0.